The zero-order valence-corrected chi connectivity index (χ0v) is 13.0. The molecule has 0 amide bonds. The molecule has 3 N–H and O–H groups in total. The Balaban J connectivity index is 2.57. The van der Waals surface area contributed by atoms with Crippen LogP contribution in [0, 0.1) is 0 Å². The third-order valence-corrected chi connectivity index (χ3v) is 3.08. The number of nitrogens with two attached hydrogens (primary N) is 1. The van der Waals surface area contributed by atoms with Crippen LogP contribution in [0.4, 0.5) is 0 Å². The van der Waals surface area contributed by atoms with Crippen LogP contribution in [0.25, 0.3) is 0 Å². The Morgan fingerprint density at radius 2 is 2.21 bits per heavy atom. The van der Waals surface area contributed by atoms with E-state index < -0.39 is 0 Å². The minimum atomic E-state index is 0.136. The van der Waals surface area contributed by atoms with E-state index in [4.69, 9.17) is 15.2 Å². The second-order valence-electron chi connectivity index (χ2n) is 4.17. The van der Waals surface area contributed by atoms with Crippen molar-refractivity contribution < 1.29 is 9.47 Å². The topological polar surface area (TPSA) is 68.9 Å². The van der Waals surface area contributed by atoms with Gasteiger partial charge in [-0.15, -0.1) is 0 Å². The van der Waals surface area contributed by atoms with Gasteiger partial charge in [-0.3, -0.25) is 0 Å². The second kappa shape index (κ2) is 8.01. The van der Waals surface area contributed by atoms with Gasteiger partial charge in [-0.2, -0.15) is 0 Å². The molecule has 0 spiro atoms. The first kappa shape index (κ1) is 15.8. The van der Waals surface area contributed by atoms with Crippen molar-refractivity contribution in [1.82, 2.24) is 5.32 Å². The maximum absolute atomic E-state index is 5.79. The average molecular weight is 330 g/mol. The molecular weight excluding hydrogens is 310 g/mol. The van der Waals surface area contributed by atoms with Gasteiger partial charge in [0, 0.05) is 13.2 Å². The summed E-state index contributed by atoms with van der Waals surface area (Å²) in [5, 5.41) is 3.05. The van der Waals surface area contributed by atoms with E-state index in [2.05, 4.69) is 26.2 Å². The lowest BCUT2D eigenvalue weighted by Gasteiger charge is -2.13. The predicted molar refractivity (Wildman–Crippen MR) is 80.5 cm³/mol. The largest absolute Gasteiger partial charge is 0.496 e. The molecule has 0 bridgehead atoms. The van der Waals surface area contributed by atoms with Crippen molar-refractivity contribution in [3.05, 3.63) is 28.2 Å². The number of hydrogen-bond acceptors (Lipinski definition) is 3. The molecule has 0 radical (unpaired) electrons. The normalized spacial score (nSPS) is 13.2. The van der Waals surface area contributed by atoms with E-state index in [-0.39, 0.29) is 6.04 Å². The van der Waals surface area contributed by atoms with Crippen LogP contribution in [0.15, 0.2) is 27.7 Å². The van der Waals surface area contributed by atoms with E-state index in [1.165, 1.54) is 0 Å². The summed E-state index contributed by atoms with van der Waals surface area (Å²) in [5.74, 6) is 1.21. The summed E-state index contributed by atoms with van der Waals surface area (Å²) in [6.07, 6.45) is 0. The fourth-order valence-electron chi connectivity index (χ4n) is 1.57. The molecule has 0 aromatic heterocycles. The molecule has 0 aliphatic carbocycles. The Morgan fingerprint density at radius 1 is 1.47 bits per heavy atom. The van der Waals surface area contributed by atoms with E-state index in [0.29, 0.717) is 19.1 Å². The fourth-order valence-corrected chi connectivity index (χ4v) is 2.16. The zero-order chi connectivity index (χ0) is 14.3. The number of rotatable bonds is 6. The fraction of sp³-hybridized carbons (Fsp3) is 0.462. The summed E-state index contributed by atoms with van der Waals surface area (Å²) in [4.78, 5) is 4.28. The molecule has 1 aromatic carbocycles. The van der Waals surface area contributed by atoms with Crippen molar-refractivity contribution in [3.8, 4) is 5.75 Å². The molecule has 0 saturated carbocycles. The molecule has 0 heterocycles. The molecule has 0 fully saturated rings. The standard InChI is InChI=1S/C13H20BrN3O2/c1-9(8-18-2)17-13(15)16-7-10-4-5-12(19-3)11(14)6-10/h4-6,9H,7-8H2,1-3H3,(H3,15,16,17). The summed E-state index contributed by atoms with van der Waals surface area (Å²) >= 11 is 3.44. The van der Waals surface area contributed by atoms with Gasteiger partial charge >= 0.3 is 0 Å². The van der Waals surface area contributed by atoms with Crippen LogP contribution in [0.5, 0.6) is 5.75 Å². The molecule has 0 aliphatic heterocycles. The molecule has 0 aliphatic rings. The molecule has 6 heteroatoms. The summed E-state index contributed by atoms with van der Waals surface area (Å²) in [5.41, 5.74) is 6.85. The van der Waals surface area contributed by atoms with Crippen molar-refractivity contribution in [2.24, 2.45) is 10.7 Å². The number of guanidine groups is 1. The predicted octanol–water partition coefficient (Wildman–Crippen LogP) is 1.90. The summed E-state index contributed by atoms with van der Waals surface area (Å²) < 4.78 is 11.1. The van der Waals surface area contributed by atoms with Crippen molar-refractivity contribution in [2.75, 3.05) is 20.8 Å². The van der Waals surface area contributed by atoms with Crippen LogP contribution in [0.1, 0.15) is 12.5 Å². The highest BCUT2D eigenvalue weighted by Gasteiger charge is 2.03. The Morgan fingerprint density at radius 3 is 2.79 bits per heavy atom. The SMILES string of the molecule is COCC(C)NC(N)=NCc1ccc(OC)c(Br)c1. The van der Waals surface area contributed by atoms with Gasteiger partial charge in [0.25, 0.3) is 0 Å². The lowest BCUT2D eigenvalue weighted by molar-refractivity contribution is 0.179. The van der Waals surface area contributed by atoms with Crippen molar-refractivity contribution in [2.45, 2.75) is 19.5 Å². The zero-order valence-electron chi connectivity index (χ0n) is 11.4. The highest BCUT2D eigenvalue weighted by Crippen LogP contribution is 2.25. The van der Waals surface area contributed by atoms with E-state index in [9.17, 15) is 0 Å². The molecule has 1 atom stereocenters. The first-order valence-electron chi connectivity index (χ1n) is 5.94. The van der Waals surface area contributed by atoms with Gasteiger partial charge in [-0.25, -0.2) is 4.99 Å². The van der Waals surface area contributed by atoms with Crippen LogP contribution >= 0.6 is 15.9 Å². The quantitative estimate of drug-likeness (QED) is 0.617. The Labute approximate surface area is 122 Å². The van der Waals surface area contributed by atoms with Gasteiger partial charge in [0.05, 0.1) is 24.7 Å². The van der Waals surface area contributed by atoms with E-state index >= 15 is 0 Å². The molecule has 1 rings (SSSR count). The first-order chi connectivity index (χ1) is 9.06. The molecule has 5 nitrogen and oxygen atoms in total. The number of benzene rings is 1. The lowest BCUT2D eigenvalue weighted by atomic mass is 10.2. The minimum Gasteiger partial charge on any atom is -0.496 e. The van der Waals surface area contributed by atoms with Crippen LogP contribution in [-0.2, 0) is 11.3 Å². The maximum Gasteiger partial charge on any atom is 0.189 e. The Kier molecular flexibility index (Phi) is 6.66. The van der Waals surface area contributed by atoms with Gasteiger partial charge in [-0.1, -0.05) is 6.07 Å². The number of nitrogens with zero attached hydrogens (tertiary/aromatic N) is 1. The van der Waals surface area contributed by atoms with E-state index in [1.807, 2.05) is 25.1 Å². The molecule has 0 saturated heterocycles. The number of hydrogen-bond donors (Lipinski definition) is 2. The number of aliphatic imine (C=N–C) groups is 1. The van der Waals surface area contributed by atoms with Gasteiger partial charge in [0.1, 0.15) is 5.75 Å². The monoisotopic (exact) mass is 329 g/mol. The van der Waals surface area contributed by atoms with Gasteiger partial charge in [0.2, 0.25) is 0 Å². The van der Waals surface area contributed by atoms with Crippen molar-refractivity contribution in [3.63, 3.8) is 0 Å². The van der Waals surface area contributed by atoms with Crippen LogP contribution in [0.3, 0.4) is 0 Å². The lowest BCUT2D eigenvalue weighted by Crippen LogP contribution is -2.40. The molecule has 106 valence electrons. The highest BCUT2D eigenvalue weighted by atomic mass is 79.9. The first-order valence-corrected chi connectivity index (χ1v) is 6.74. The molecular formula is C13H20BrN3O2. The van der Waals surface area contributed by atoms with Crippen LogP contribution in [0.2, 0.25) is 0 Å². The molecule has 1 aromatic rings. The summed E-state index contributed by atoms with van der Waals surface area (Å²) in [7, 11) is 3.29. The minimum absolute atomic E-state index is 0.136. The van der Waals surface area contributed by atoms with Crippen LogP contribution < -0.4 is 15.8 Å². The highest BCUT2D eigenvalue weighted by molar-refractivity contribution is 9.10. The number of methoxy groups -OCH3 is 2. The number of ether oxygens (including phenoxy) is 2. The summed E-state index contributed by atoms with van der Waals surface area (Å²) in [6, 6.07) is 5.95. The smallest absolute Gasteiger partial charge is 0.189 e. The molecule has 19 heavy (non-hydrogen) atoms. The Hall–Kier alpha value is -1.27. The average Bonchev–Trinajstić information content (AvgIpc) is 2.36. The number of halogens is 1. The number of nitrogens with one attached hydrogen (secondary N) is 1. The molecule has 1 unspecified atom stereocenters. The van der Waals surface area contributed by atoms with E-state index in [1.54, 1.807) is 14.2 Å². The second-order valence-corrected chi connectivity index (χ2v) is 5.03. The Bertz CT molecular complexity index is 438. The van der Waals surface area contributed by atoms with Crippen LogP contribution in [-0.4, -0.2) is 32.8 Å². The summed E-state index contributed by atoms with van der Waals surface area (Å²) in [6.45, 7) is 3.08. The maximum atomic E-state index is 5.79. The van der Waals surface area contributed by atoms with Gasteiger partial charge in [-0.05, 0) is 40.5 Å². The third kappa shape index (κ3) is 5.48. The van der Waals surface area contributed by atoms with Gasteiger partial charge < -0.3 is 20.5 Å². The van der Waals surface area contributed by atoms with E-state index in [0.717, 1.165) is 15.8 Å². The van der Waals surface area contributed by atoms with Crippen molar-refractivity contribution >= 4 is 21.9 Å². The van der Waals surface area contributed by atoms with Crippen molar-refractivity contribution in [1.29, 1.82) is 0 Å². The third-order valence-electron chi connectivity index (χ3n) is 2.46. The van der Waals surface area contributed by atoms with Gasteiger partial charge in [0.15, 0.2) is 5.96 Å².